The molecule has 0 bridgehead atoms. The van der Waals surface area contributed by atoms with Crippen LogP contribution < -0.4 is 4.90 Å². The summed E-state index contributed by atoms with van der Waals surface area (Å²) in [6.45, 7) is 2.55. The number of hydrogen-bond donors (Lipinski definition) is 1. The number of anilines is 1. The summed E-state index contributed by atoms with van der Waals surface area (Å²) in [5, 5.41) is 19.8. The topological polar surface area (TPSA) is 79.5 Å². The van der Waals surface area contributed by atoms with Crippen molar-refractivity contribution in [3.63, 3.8) is 0 Å². The van der Waals surface area contributed by atoms with Crippen molar-refractivity contribution in [2.75, 3.05) is 18.1 Å². The van der Waals surface area contributed by atoms with E-state index in [1.54, 1.807) is 13.0 Å². The van der Waals surface area contributed by atoms with Crippen molar-refractivity contribution in [3.05, 3.63) is 27.9 Å². The molecule has 1 aromatic heterocycles. The third-order valence-corrected chi connectivity index (χ3v) is 3.61. The van der Waals surface area contributed by atoms with Crippen LogP contribution in [0.15, 0.2) is 12.1 Å². The van der Waals surface area contributed by atoms with Gasteiger partial charge in [-0.15, -0.1) is 0 Å². The second-order valence-corrected chi connectivity index (χ2v) is 4.89. The molecule has 0 amide bonds. The zero-order chi connectivity index (χ0) is 13.8. The average molecular weight is 265 g/mol. The van der Waals surface area contributed by atoms with Gasteiger partial charge in [0, 0.05) is 25.3 Å². The van der Waals surface area contributed by atoms with Crippen molar-refractivity contribution in [1.82, 2.24) is 4.98 Å². The molecule has 6 nitrogen and oxygen atoms in total. The van der Waals surface area contributed by atoms with Gasteiger partial charge in [0.15, 0.2) is 0 Å². The highest BCUT2D eigenvalue weighted by molar-refractivity contribution is 5.47. The molecule has 0 aromatic carbocycles. The van der Waals surface area contributed by atoms with E-state index in [2.05, 4.69) is 9.88 Å². The predicted molar refractivity (Wildman–Crippen MR) is 72.3 cm³/mol. The fraction of sp³-hybridized carbons (Fsp3) is 0.615. The summed E-state index contributed by atoms with van der Waals surface area (Å²) in [5.41, 5.74) is 0.496. The fourth-order valence-corrected chi connectivity index (χ4v) is 2.32. The van der Waals surface area contributed by atoms with E-state index in [0.29, 0.717) is 18.2 Å². The lowest BCUT2D eigenvalue weighted by molar-refractivity contribution is -0.385. The van der Waals surface area contributed by atoms with Crippen LogP contribution in [-0.2, 0) is 0 Å². The molecular formula is C13H19N3O3. The number of rotatable bonds is 6. The molecule has 0 unspecified atom stereocenters. The van der Waals surface area contributed by atoms with Gasteiger partial charge in [0.25, 0.3) is 5.69 Å². The summed E-state index contributed by atoms with van der Waals surface area (Å²) in [6, 6.07) is 3.68. The highest BCUT2D eigenvalue weighted by Gasteiger charge is 2.26. The molecule has 104 valence electrons. The maximum atomic E-state index is 10.8. The maximum Gasteiger partial charge on any atom is 0.290 e. The van der Waals surface area contributed by atoms with E-state index in [1.807, 2.05) is 0 Å². The quantitative estimate of drug-likeness (QED) is 0.629. The van der Waals surface area contributed by atoms with Crippen molar-refractivity contribution < 1.29 is 10.0 Å². The zero-order valence-electron chi connectivity index (χ0n) is 11.1. The minimum Gasteiger partial charge on any atom is -0.396 e. The summed E-state index contributed by atoms with van der Waals surface area (Å²) < 4.78 is 0. The monoisotopic (exact) mass is 265 g/mol. The summed E-state index contributed by atoms with van der Waals surface area (Å²) in [7, 11) is 0. The number of aryl methyl sites for hydroxylation is 1. The summed E-state index contributed by atoms with van der Waals surface area (Å²) in [6.07, 6.45) is 4.16. The molecule has 0 aliphatic heterocycles. The van der Waals surface area contributed by atoms with Crippen molar-refractivity contribution in [2.24, 2.45) is 0 Å². The Hall–Kier alpha value is -1.69. The highest BCUT2D eigenvalue weighted by Crippen LogP contribution is 2.30. The Kier molecular flexibility index (Phi) is 4.31. The number of aliphatic hydroxyl groups is 1. The molecule has 0 spiro atoms. The molecule has 1 aliphatic rings. The molecule has 1 N–H and O–H groups in total. The van der Waals surface area contributed by atoms with Gasteiger partial charge >= 0.3 is 0 Å². The van der Waals surface area contributed by atoms with Crippen LogP contribution in [0.4, 0.5) is 11.5 Å². The molecule has 1 fully saturated rings. The third kappa shape index (κ3) is 3.01. The molecule has 2 rings (SSSR count). The number of aromatic nitrogens is 1. The van der Waals surface area contributed by atoms with Crippen molar-refractivity contribution in [1.29, 1.82) is 0 Å². The number of nitro groups is 1. The number of pyridine rings is 1. The van der Waals surface area contributed by atoms with Crippen LogP contribution >= 0.6 is 0 Å². The van der Waals surface area contributed by atoms with Crippen LogP contribution in [0.5, 0.6) is 0 Å². The van der Waals surface area contributed by atoms with Crippen molar-refractivity contribution in [2.45, 2.75) is 38.6 Å². The number of nitrogens with zero attached hydrogens (tertiary/aromatic N) is 3. The lowest BCUT2D eigenvalue weighted by Crippen LogP contribution is -2.41. The second kappa shape index (κ2) is 5.97. The first kappa shape index (κ1) is 13.7. The molecule has 0 saturated heterocycles. The molecule has 1 heterocycles. The summed E-state index contributed by atoms with van der Waals surface area (Å²) in [4.78, 5) is 16.9. The molecule has 1 aliphatic carbocycles. The van der Waals surface area contributed by atoms with Crippen LogP contribution in [0.2, 0.25) is 0 Å². The van der Waals surface area contributed by atoms with Gasteiger partial charge in [-0.2, -0.15) is 0 Å². The maximum absolute atomic E-state index is 10.8. The largest absolute Gasteiger partial charge is 0.396 e. The first-order valence-electron chi connectivity index (χ1n) is 6.63. The van der Waals surface area contributed by atoms with Crippen LogP contribution in [-0.4, -0.2) is 34.2 Å². The molecule has 1 aromatic rings. The van der Waals surface area contributed by atoms with Crippen LogP contribution in [0.3, 0.4) is 0 Å². The lowest BCUT2D eigenvalue weighted by Gasteiger charge is -2.38. The van der Waals surface area contributed by atoms with Gasteiger partial charge in [0.05, 0.1) is 4.92 Å². The zero-order valence-corrected chi connectivity index (χ0v) is 11.1. The fourth-order valence-electron chi connectivity index (χ4n) is 2.32. The minimum absolute atomic E-state index is 0.0551. The first-order valence-corrected chi connectivity index (χ1v) is 6.63. The smallest absolute Gasteiger partial charge is 0.290 e. The molecular weight excluding hydrogens is 246 g/mol. The van der Waals surface area contributed by atoms with E-state index in [4.69, 9.17) is 5.11 Å². The first-order chi connectivity index (χ1) is 9.13. The van der Waals surface area contributed by atoms with Gasteiger partial charge in [0.2, 0.25) is 0 Å². The Morgan fingerprint density at radius 3 is 2.74 bits per heavy atom. The molecule has 1 saturated carbocycles. The van der Waals surface area contributed by atoms with Crippen molar-refractivity contribution in [3.8, 4) is 0 Å². The minimum atomic E-state index is -0.409. The van der Waals surface area contributed by atoms with Crippen LogP contribution in [0, 0.1) is 17.0 Å². The molecule has 19 heavy (non-hydrogen) atoms. The van der Waals surface area contributed by atoms with Crippen LogP contribution in [0.25, 0.3) is 0 Å². The van der Waals surface area contributed by atoms with E-state index in [9.17, 15) is 10.1 Å². The molecule has 0 radical (unpaired) electrons. The van der Waals surface area contributed by atoms with Crippen molar-refractivity contribution >= 4 is 11.5 Å². The van der Waals surface area contributed by atoms with Gasteiger partial charge in [-0.1, -0.05) is 0 Å². The number of aliphatic hydroxyl groups excluding tert-OH is 1. The standard InChI is InChI=1S/C13H19N3O3/c1-10-12(16(18)19)6-7-13(14-10)15(8-3-9-17)11-4-2-5-11/h6-7,11,17H,2-5,8-9H2,1H3. The van der Waals surface area contributed by atoms with E-state index in [1.165, 1.54) is 12.5 Å². The van der Waals surface area contributed by atoms with Gasteiger partial charge in [-0.3, -0.25) is 10.1 Å². The SMILES string of the molecule is Cc1nc(N(CCCO)C2CCC2)ccc1[N+](=O)[O-]. The third-order valence-electron chi connectivity index (χ3n) is 3.61. The Balaban J connectivity index is 2.20. The van der Waals surface area contributed by atoms with E-state index < -0.39 is 4.92 Å². The highest BCUT2D eigenvalue weighted by atomic mass is 16.6. The van der Waals surface area contributed by atoms with Gasteiger partial charge in [0.1, 0.15) is 11.5 Å². The Labute approximate surface area is 112 Å². The van der Waals surface area contributed by atoms with Crippen LogP contribution in [0.1, 0.15) is 31.4 Å². The summed E-state index contributed by atoms with van der Waals surface area (Å²) >= 11 is 0. The molecule has 6 heteroatoms. The van der Waals surface area contributed by atoms with E-state index in [0.717, 1.165) is 25.2 Å². The Morgan fingerprint density at radius 2 is 2.26 bits per heavy atom. The van der Waals surface area contributed by atoms with E-state index >= 15 is 0 Å². The van der Waals surface area contributed by atoms with E-state index in [-0.39, 0.29) is 12.3 Å². The summed E-state index contributed by atoms with van der Waals surface area (Å²) in [5.74, 6) is 0.779. The Bertz CT molecular complexity index is 460. The van der Waals surface area contributed by atoms with Gasteiger partial charge in [-0.05, 0) is 38.7 Å². The lowest BCUT2D eigenvalue weighted by atomic mass is 9.91. The second-order valence-electron chi connectivity index (χ2n) is 4.89. The molecule has 0 atom stereocenters. The average Bonchev–Trinajstić information content (AvgIpc) is 2.31. The predicted octanol–water partition coefficient (Wildman–Crippen LogP) is 2.04. The number of hydrogen-bond acceptors (Lipinski definition) is 5. The normalized spacial score (nSPS) is 15.1. The van der Waals surface area contributed by atoms with Gasteiger partial charge < -0.3 is 10.0 Å². The Morgan fingerprint density at radius 1 is 1.53 bits per heavy atom. The van der Waals surface area contributed by atoms with Gasteiger partial charge in [-0.25, -0.2) is 4.98 Å².